The van der Waals surface area contributed by atoms with Gasteiger partial charge in [-0.1, -0.05) is 61.8 Å². The number of nitrogens with zero attached hydrogens (tertiary/aromatic N) is 1. The molecule has 5 nitrogen and oxygen atoms in total. The van der Waals surface area contributed by atoms with Crippen LogP contribution in [-0.2, 0) is 9.59 Å². The Hall–Kier alpha value is -2.66. The van der Waals surface area contributed by atoms with Crippen molar-refractivity contribution in [2.45, 2.75) is 33.6 Å². The Kier molecular flexibility index (Phi) is 7.55. The maximum absolute atomic E-state index is 12.1. The molecule has 0 saturated carbocycles. The van der Waals surface area contributed by atoms with E-state index in [2.05, 4.69) is 15.8 Å². The van der Waals surface area contributed by atoms with E-state index in [-0.39, 0.29) is 30.6 Å². The molecule has 0 unspecified atom stereocenters. The first-order chi connectivity index (χ1) is 12.9. The number of halogens is 1. The minimum Gasteiger partial charge on any atom is -0.326 e. The van der Waals surface area contributed by atoms with E-state index in [0.717, 1.165) is 16.8 Å². The molecule has 0 aliphatic carbocycles. The van der Waals surface area contributed by atoms with Crippen molar-refractivity contribution < 1.29 is 9.59 Å². The van der Waals surface area contributed by atoms with Crippen molar-refractivity contribution in [2.75, 3.05) is 5.32 Å². The summed E-state index contributed by atoms with van der Waals surface area (Å²) in [6.45, 7) is 5.86. The SMILES string of the molecule is Cc1c(Cl)cccc1NC(=O)CCC(=O)N/N=C(\c1ccccc1)C(C)C. The normalized spacial score (nSPS) is 11.4. The summed E-state index contributed by atoms with van der Waals surface area (Å²) in [6, 6.07) is 15.0. The number of benzene rings is 2. The van der Waals surface area contributed by atoms with Crippen molar-refractivity contribution in [3.05, 3.63) is 64.7 Å². The number of nitrogens with one attached hydrogen (secondary N) is 2. The van der Waals surface area contributed by atoms with Gasteiger partial charge in [-0.05, 0) is 36.1 Å². The average Bonchev–Trinajstić information content (AvgIpc) is 2.64. The van der Waals surface area contributed by atoms with Crippen molar-refractivity contribution in [3.63, 3.8) is 0 Å². The molecular weight excluding hydrogens is 362 g/mol. The first kappa shape index (κ1) is 20.6. The second-order valence-electron chi connectivity index (χ2n) is 6.51. The molecule has 2 aromatic rings. The van der Waals surface area contributed by atoms with E-state index in [4.69, 9.17) is 11.6 Å². The second-order valence-corrected chi connectivity index (χ2v) is 6.92. The van der Waals surface area contributed by atoms with Crippen LogP contribution in [0, 0.1) is 12.8 Å². The van der Waals surface area contributed by atoms with Crippen LogP contribution in [0.4, 0.5) is 5.69 Å². The summed E-state index contributed by atoms with van der Waals surface area (Å²) in [6.07, 6.45) is 0.116. The first-order valence-electron chi connectivity index (χ1n) is 8.85. The lowest BCUT2D eigenvalue weighted by atomic mass is 10.0. The van der Waals surface area contributed by atoms with Gasteiger partial charge in [0.1, 0.15) is 0 Å². The zero-order valence-electron chi connectivity index (χ0n) is 15.8. The summed E-state index contributed by atoms with van der Waals surface area (Å²) < 4.78 is 0. The molecular formula is C21H24ClN3O2. The van der Waals surface area contributed by atoms with Crippen LogP contribution in [-0.4, -0.2) is 17.5 Å². The van der Waals surface area contributed by atoms with Crippen LogP contribution in [0.15, 0.2) is 53.6 Å². The first-order valence-corrected chi connectivity index (χ1v) is 9.23. The molecule has 2 rings (SSSR count). The maximum atomic E-state index is 12.1. The van der Waals surface area contributed by atoms with E-state index in [0.29, 0.717) is 10.7 Å². The summed E-state index contributed by atoms with van der Waals surface area (Å²) in [7, 11) is 0. The molecule has 0 radical (unpaired) electrons. The summed E-state index contributed by atoms with van der Waals surface area (Å²) in [5.41, 5.74) is 5.75. The van der Waals surface area contributed by atoms with Crippen LogP contribution in [0.3, 0.4) is 0 Å². The third-order valence-electron chi connectivity index (χ3n) is 4.04. The number of carbonyl (C=O) groups excluding carboxylic acids is 2. The van der Waals surface area contributed by atoms with E-state index in [1.54, 1.807) is 18.2 Å². The summed E-state index contributed by atoms with van der Waals surface area (Å²) in [5.74, 6) is -0.393. The zero-order valence-corrected chi connectivity index (χ0v) is 16.5. The van der Waals surface area contributed by atoms with Gasteiger partial charge in [0.05, 0.1) is 5.71 Å². The molecule has 0 aromatic heterocycles. The highest BCUT2D eigenvalue weighted by Crippen LogP contribution is 2.23. The molecule has 0 bridgehead atoms. The third kappa shape index (κ3) is 6.22. The van der Waals surface area contributed by atoms with E-state index in [1.807, 2.05) is 51.1 Å². The van der Waals surface area contributed by atoms with Crippen molar-refractivity contribution >= 4 is 34.8 Å². The van der Waals surface area contributed by atoms with Gasteiger partial charge in [0.15, 0.2) is 0 Å². The van der Waals surface area contributed by atoms with Gasteiger partial charge >= 0.3 is 0 Å². The molecule has 0 aliphatic rings. The van der Waals surface area contributed by atoms with Gasteiger partial charge in [-0.15, -0.1) is 0 Å². The van der Waals surface area contributed by atoms with Gasteiger partial charge in [0, 0.05) is 23.6 Å². The smallest absolute Gasteiger partial charge is 0.240 e. The van der Waals surface area contributed by atoms with Crippen LogP contribution in [0.25, 0.3) is 0 Å². The molecule has 0 heterocycles. The van der Waals surface area contributed by atoms with Crippen LogP contribution < -0.4 is 10.7 Å². The Morgan fingerprint density at radius 1 is 1.00 bits per heavy atom. The van der Waals surface area contributed by atoms with Crippen LogP contribution >= 0.6 is 11.6 Å². The van der Waals surface area contributed by atoms with E-state index >= 15 is 0 Å². The number of anilines is 1. The lowest BCUT2D eigenvalue weighted by Gasteiger charge is -2.11. The number of hydrogen-bond donors (Lipinski definition) is 2. The molecule has 0 atom stereocenters. The van der Waals surface area contributed by atoms with Gasteiger partial charge in [0.2, 0.25) is 11.8 Å². The molecule has 2 amide bonds. The van der Waals surface area contributed by atoms with E-state index in [1.165, 1.54) is 0 Å². The molecule has 2 aromatic carbocycles. The molecule has 0 aliphatic heterocycles. The van der Waals surface area contributed by atoms with Crippen LogP contribution in [0.1, 0.15) is 37.8 Å². The molecule has 0 spiro atoms. The lowest BCUT2D eigenvalue weighted by molar-refractivity contribution is -0.124. The highest BCUT2D eigenvalue weighted by atomic mass is 35.5. The fraction of sp³-hybridized carbons (Fsp3) is 0.286. The number of rotatable bonds is 7. The van der Waals surface area contributed by atoms with Gasteiger partial charge in [-0.2, -0.15) is 5.10 Å². The maximum Gasteiger partial charge on any atom is 0.240 e. The zero-order chi connectivity index (χ0) is 19.8. The predicted octanol–water partition coefficient (Wildman–Crippen LogP) is 4.54. The standard InChI is InChI=1S/C21H24ClN3O2/c1-14(2)21(16-8-5-4-6-9-16)25-24-20(27)13-12-19(26)23-18-11-7-10-17(22)15(18)3/h4-11,14H,12-13H2,1-3H3,(H,23,26)(H,24,27)/b25-21-. The molecule has 0 saturated heterocycles. The van der Waals surface area contributed by atoms with Crippen molar-refractivity contribution in [2.24, 2.45) is 11.0 Å². The van der Waals surface area contributed by atoms with Crippen LogP contribution in [0.5, 0.6) is 0 Å². The summed E-state index contributed by atoms with van der Waals surface area (Å²) >= 11 is 6.04. The van der Waals surface area contributed by atoms with Gasteiger partial charge < -0.3 is 5.32 Å². The quantitative estimate of drug-likeness (QED) is 0.542. The fourth-order valence-corrected chi connectivity index (χ4v) is 2.67. The highest BCUT2D eigenvalue weighted by molar-refractivity contribution is 6.31. The topological polar surface area (TPSA) is 70.6 Å². The fourth-order valence-electron chi connectivity index (χ4n) is 2.50. The minimum atomic E-state index is -0.304. The van der Waals surface area contributed by atoms with Gasteiger partial charge in [-0.3, -0.25) is 9.59 Å². The Bertz CT molecular complexity index is 833. The largest absolute Gasteiger partial charge is 0.326 e. The number of hydrazone groups is 1. The van der Waals surface area contributed by atoms with Gasteiger partial charge in [-0.25, -0.2) is 5.43 Å². The Balaban J connectivity index is 1.89. The van der Waals surface area contributed by atoms with Crippen molar-refractivity contribution in [1.82, 2.24) is 5.43 Å². The molecule has 27 heavy (non-hydrogen) atoms. The van der Waals surface area contributed by atoms with E-state index < -0.39 is 0 Å². The Labute approximate surface area is 164 Å². The van der Waals surface area contributed by atoms with Crippen molar-refractivity contribution in [3.8, 4) is 0 Å². The summed E-state index contributed by atoms with van der Waals surface area (Å²) in [5, 5.41) is 7.61. The molecule has 6 heteroatoms. The third-order valence-corrected chi connectivity index (χ3v) is 4.45. The number of amides is 2. The van der Waals surface area contributed by atoms with Crippen molar-refractivity contribution in [1.29, 1.82) is 0 Å². The predicted molar refractivity (Wildman–Crippen MR) is 110 cm³/mol. The minimum absolute atomic E-state index is 0.0507. The van der Waals surface area contributed by atoms with E-state index in [9.17, 15) is 9.59 Å². The molecule has 2 N–H and O–H groups in total. The number of hydrogen-bond acceptors (Lipinski definition) is 3. The number of carbonyl (C=O) groups is 2. The monoisotopic (exact) mass is 385 g/mol. The second kappa shape index (κ2) is 9.88. The summed E-state index contributed by atoms with van der Waals surface area (Å²) in [4.78, 5) is 24.1. The Morgan fingerprint density at radius 3 is 2.33 bits per heavy atom. The Morgan fingerprint density at radius 2 is 1.67 bits per heavy atom. The average molecular weight is 386 g/mol. The van der Waals surface area contributed by atoms with Crippen LogP contribution in [0.2, 0.25) is 5.02 Å². The lowest BCUT2D eigenvalue weighted by Crippen LogP contribution is -2.23. The highest BCUT2D eigenvalue weighted by Gasteiger charge is 2.11. The molecule has 142 valence electrons. The van der Waals surface area contributed by atoms with Gasteiger partial charge in [0.25, 0.3) is 0 Å². The molecule has 0 fully saturated rings.